The van der Waals surface area contributed by atoms with Gasteiger partial charge in [-0.3, -0.25) is 9.36 Å². The van der Waals surface area contributed by atoms with Gasteiger partial charge in [0.25, 0.3) is 0 Å². The number of thioether (sulfide) groups is 1. The van der Waals surface area contributed by atoms with E-state index in [1.54, 1.807) is 0 Å². The van der Waals surface area contributed by atoms with E-state index in [4.69, 9.17) is 4.74 Å². The number of halogens is 1. The van der Waals surface area contributed by atoms with Crippen LogP contribution in [0.2, 0.25) is 0 Å². The topological polar surface area (TPSA) is 57.0 Å². The van der Waals surface area contributed by atoms with Crippen LogP contribution in [-0.2, 0) is 13.2 Å². The Labute approximate surface area is 183 Å². The molecule has 0 amide bonds. The minimum atomic E-state index is -0.366. The standard InChI is InChI=1S/C24H20FN3O2S/c25-20-13-11-19(12-14-20)22(29)17-31-24-27-26-23(16-30-21-9-5-2-6-10-21)28(24)15-18-7-3-1-4-8-18/h1-14H,15-17H2. The van der Waals surface area contributed by atoms with Gasteiger partial charge in [0, 0.05) is 5.56 Å². The summed E-state index contributed by atoms with van der Waals surface area (Å²) in [6, 6.07) is 25.0. The third-order valence-corrected chi connectivity index (χ3v) is 5.55. The van der Waals surface area contributed by atoms with Crippen LogP contribution in [0, 0.1) is 5.82 Å². The number of nitrogens with zero attached hydrogens (tertiary/aromatic N) is 3. The SMILES string of the molecule is O=C(CSc1nnc(COc2ccccc2)n1Cc1ccccc1)c1ccc(F)cc1. The van der Waals surface area contributed by atoms with Crippen LogP contribution >= 0.6 is 11.8 Å². The lowest BCUT2D eigenvalue weighted by Gasteiger charge is -2.11. The van der Waals surface area contributed by atoms with Gasteiger partial charge >= 0.3 is 0 Å². The van der Waals surface area contributed by atoms with Gasteiger partial charge in [-0.05, 0) is 42.0 Å². The maximum Gasteiger partial charge on any atom is 0.192 e. The van der Waals surface area contributed by atoms with E-state index in [0.29, 0.717) is 23.1 Å². The predicted octanol–water partition coefficient (Wildman–Crippen LogP) is 5.02. The molecule has 0 aliphatic heterocycles. The Morgan fingerprint density at radius 2 is 1.58 bits per heavy atom. The van der Waals surface area contributed by atoms with Crippen LogP contribution in [0.5, 0.6) is 5.75 Å². The molecule has 3 aromatic carbocycles. The summed E-state index contributed by atoms with van der Waals surface area (Å²) in [4.78, 5) is 12.5. The van der Waals surface area contributed by atoms with Crippen molar-refractivity contribution in [2.45, 2.75) is 18.3 Å². The Morgan fingerprint density at radius 1 is 0.903 bits per heavy atom. The molecule has 0 N–H and O–H groups in total. The van der Waals surface area contributed by atoms with E-state index >= 15 is 0 Å². The van der Waals surface area contributed by atoms with Crippen LogP contribution in [0.1, 0.15) is 21.7 Å². The van der Waals surface area contributed by atoms with Gasteiger partial charge in [0.15, 0.2) is 16.8 Å². The quantitative estimate of drug-likeness (QED) is 0.274. The van der Waals surface area contributed by atoms with E-state index < -0.39 is 0 Å². The number of carbonyl (C=O) groups is 1. The average molecular weight is 434 g/mol. The number of ether oxygens (including phenoxy) is 1. The van der Waals surface area contributed by atoms with Crippen molar-refractivity contribution in [2.24, 2.45) is 0 Å². The lowest BCUT2D eigenvalue weighted by Crippen LogP contribution is -2.10. The summed E-state index contributed by atoms with van der Waals surface area (Å²) in [5.74, 6) is 1.14. The lowest BCUT2D eigenvalue weighted by atomic mass is 10.1. The average Bonchev–Trinajstić information content (AvgIpc) is 3.19. The fourth-order valence-corrected chi connectivity index (χ4v) is 3.82. The number of benzene rings is 3. The van der Waals surface area contributed by atoms with Gasteiger partial charge in [-0.2, -0.15) is 0 Å². The zero-order valence-corrected chi connectivity index (χ0v) is 17.5. The molecule has 0 bridgehead atoms. The molecule has 0 spiro atoms. The molecular formula is C24H20FN3O2S. The molecule has 0 radical (unpaired) electrons. The highest BCUT2D eigenvalue weighted by Gasteiger charge is 2.16. The molecule has 0 saturated heterocycles. The number of aromatic nitrogens is 3. The van der Waals surface area contributed by atoms with Gasteiger partial charge < -0.3 is 4.74 Å². The summed E-state index contributed by atoms with van der Waals surface area (Å²) in [6.45, 7) is 0.824. The Balaban J connectivity index is 1.51. The minimum Gasteiger partial charge on any atom is -0.486 e. The van der Waals surface area contributed by atoms with Crippen LogP contribution in [-0.4, -0.2) is 26.3 Å². The fourth-order valence-electron chi connectivity index (χ4n) is 2.97. The summed E-state index contributed by atoms with van der Waals surface area (Å²) >= 11 is 1.31. The number of hydrogen-bond donors (Lipinski definition) is 0. The molecule has 0 atom stereocenters. The molecule has 5 nitrogen and oxygen atoms in total. The molecule has 0 saturated carbocycles. The van der Waals surface area contributed by atoms with E-state index in [9.17, 15) is 9.18 Å². The van der Waals surface area contributed by atoms with Crippen LogP contribution in [0.15, 0.2) is 90.1 Å². The van der Waals surface area contributed by atoms with Crippen molar-refractivity contribution in [3.8, 4) is 5.75 Å². The second-order valence-corrected chi connectivity index (χ2v) is 7.73. The Bertz CT molecular complexity index is 1130. The highest BCUT2D eigenvalue weighted by Crippen LogP contribution is 2.21. The number of carbonyl (C=O) groups excluding carboxylic acids is 1. The predicted molar refractivity (Wildman–Crippen MR) is 118 cm³/mol. The smallest absolute Gasteiger partial charge is 0.192 e. The molecule has 0 aliphatic rings. The number of Topliss-reactive ketones (excluding diaryl/α,β-unsaturated/α-hetero) is 1. The Hall–Kier alpha value is -3.45. The zero-order chi connectivity index (χ0) is 21.5. The van der Waals surface area contributed by atoms with Crippen LogP contribution in [0.3, 0.4) is 0 Å². The maximum absolute atomic E-state index is 13.1. The molecule has 1 aromatic heterocycles. The van der Waals surface area contributed by atoms with Crippen molar-refractivity contribution >= 4 is 17.5 Å². The van der Waals surface area contributed by atoms with E-state index in [1.807, 2.05) is 65.2 Å². The Kier molecular flexibility index (Phi) is 6.74. The lowest BCUT2D eigenvalue weighted by molar-refractivity contribution is 0.102. The minimum absolute atomic E-state index is 0.0960. The zero-order valence-electron chi connectivity index (χ0n) is 16.6. The van der Waals surface area contributed by atoms with Crippen molar-refractivity contribution in [3.63, 3.8) is 0 Å². The van der Waals surface area contributed by atoms with Crippen molar-refractivity contribution < 1.29 is 13.9 Å². The third-order valence-electron chi connectivity index (χ3n) is 4.59. The highest BCUT2D eigenvalue weighted by molar-refractivity contribution is 7.99. The highest BCUT2D eigenvalue weighted by atomic mass is 32.2. The molecule has 4 aromatic rings. The number of rotatable bonds is 9. The first-order valence-corrected chi connectivity index (χ1v) is 10.7. The first-order chi connectivity index (χ1) is 15.2. The normalized spacial score (nSPS) is 10.7. The van der Waals surface area contributed by atoms with Gasteiger partial charge in [-0.1, -0.05) is 60.3 Å². The molecule has 4 rings (SSSR count). The number of ketones is 1. The summed E-state index contributed by atoms with van der Waals surface area (Å²) in [7, 11) is 0. The summed E-state index contributed by atoms with van der Waals surface area (Å²) < 4.78 is 20.9. The second kappa shape index (κ2) is 10.0. The third kappa shape index (κ3) is 5.58. The van der Waals surface area contributed by atoms with Crippen LogP contribution < -0.4 is 4.74 Å². The first-order valence-electron chi connectivity index (χ1n) is 9.74. The molecule has 31 heavy (non-hydrogen) atoms. The summed E-state index contributed by atoms with van der Waals surface area (Å²) in [6.07, 6.45) is 0. The number of para-hydroxylation sites is 1. The molecule has 156 valence electrons. The van der Waals surface area contributed by atoms with Crippen molar-refractivity contribution in [1.82, 2.24) is 14.8 Å². The molecule has 1 heterocycles. The van der Waals surface area contributed by atoms with Gasteiger partial charge in [0.2, 0.25) is 0 Å². The monoisotopic (exact) mass is 433 g/mol. The summed E-state index contributed by atoms with van der Waals surface area (Å²) in [5, 5.41) is 9.21. The fraction of sp³-hybridized carbons (Fsp3) is 0.125. The van der Waals surface area contributed by atoms with Gasteiger partial charge in [-0.25, -0.2) is 4.39 Å². The van der Waals surface area contributed by atoms with Crippen LogP contribution in [0.25, 0.3) is 0 Å². The molecule has 7 heteroatoms. The van der Waals surface area contributed by atoms with E-state index in [1.165, 1.54) is 36.0 Å². The number of hydrogen-bond acceptors (Lipinski definition) is 5. The Morgan fingerprint density at radius 3 is 2.29 bits per heavy atom. The molecule has 0 unspecified atom stereocenters. The van der Waals surface area contributed by atoms with E-state index in [2.05, 4.69) is 10.2 Å². The maximum atomic E-state index is 13.1. The largest absolute Gasteiger partial charge is 0.486 e. The van der Waals surface area contributed by atoms with E-state index in [0.717, 1.165) is 11.3 Å². The van der Waals surface area contributed by atoms with Gasteiger partial charge in [0.1, 0.15) is 18.2 Å². The van der Waals surface area contributed by atoms with Crippen LogP contribution in [0.4, 0.5) is 4.39 Å². The van der Waals surface area contributed by atoms with Crippen molar-refractivity contribution in [1.29, 1.82) is 0 Å². The van der Waals surface area contributed by atoms with Gasteiger partial charge in [0.05, 0.1) is 12.3 Å². The first kappa shape index (κ1) is 20.8. The van der Waals surface area contributed by atoms with E-state index in [-0.39, 0.29) is 24.0 Å². The van der Waals surface area contributed by atoms with Gasteiger partial charge in [-0.15, -0.1) is 10.2 Å². The molecular weight excluding hydrogens is 413 g/mol. The second-order valence-electron chi connectivity index (χ2n) is 6.79. The molecule has 0 fully saturated rings. The van der Waals surface area contributed by atoms with Crippen molar-refractivity contribution in [2.75, 3.05) is 5.75 Å². The summed E-state index contributed by atoms with van der Waals surface area (Å²) in [5.41, 5.74) is 1.56. The molecule has 0 aliphatic carbocycles. The van der Waals surface area contributed by atoms with Crippen molar-refractivity contribution in [3.05, 3.63) is 108 Å².